The molecular weight excluding hydrogens is 200 g/mol. The number of fused-ring (bicyclic) bond motifs is 1. The minimum Gasteiger partial charge on any atom is -0.494 e. The minimum absolute atomic E-state index is 0.0372. The van der Waals surface area contributed by atoms with E-state index in [9.17, 15) is 0 Å². The second kappa shape index (κ2) is 4.58. The Morgan fingerprint density at radius 2 is 2.25 bits per heavy atom. The van der Waals surface area contributed by atoms with Crippen molar-refractivity contribution in [2.45, 2.75) is 26.3 Å². The van der Waals surface area contributed by atoms with Crippen LogP contribution in [-0.4, -0.2) is 11.6 Å². The Bertz CT molecular complexity index is 474. The van der Waals surface area contributed by atoms with Crippen LogP contribution in [0.15, 0.2) is 24.4 Å². The van der Waals surface area contributed by atoms with Crippen LogP contribution in [0.4, 0.5) is 0 Å². The molecule has 0 saturated carbocycles. The van der Waals surface area contributed by atoms with Crippen molar-refractivity contribution in [2.75, 3.05) is 6.61 Å². The van der Waals surface area contributed by atoms with Crippen LogP contribution in [0, 0.1) is 0 Å². The van der Waals surface area contributed by atoms with Gasteiger partial charge in [-0.1, -0.05) is 6.92 Å². The summed E-state index contributed by atoms with van der Waals surface area (Å²) in [4.78, 5) is 3.22. The normalized spacial score (nSPS) is 12.9. The van der Waals surface area contributed by atoms with E-state index in [0.29, 0.717) is 0 Å². The molecule has 0 spiro atoms. The Labute approximate surface area is 95.6 Å². The Balaban J connectivity index is 2.38. The van der Waals surface area contributed by atoms with Crippen molar-refractivity contribution < 1.29 is 4.74 Å². The lowest BCUT2D eigenvalue weighted by molar-refractivity contribution is 0.318. The van der Waals surface area contributed by atoms with E-state index in [-0.39, 0.29) is 6.04 Å². The van der Waals surface area contributed by atoms with Gasteiger partial charge in [0.1, 0.15) is 5.75 Å². The number of rotatable bonds is 4. The summed E-state index contributed by atoms with van der Waals surface area (Å²) in [5, 5.41) is 1.16. The second-order valence-corrected chi connectivity index (χ2v) is 4.09. The smallest absolute Gasteiger partial charge is 0.120 e. The zero-order valence-corrected chi connectivity index (χ0v) is 9.79. The standard InChI is InChI=1S/C13H18N2O/c1-3-6-16-10-4-5-13-11(7-10)12(8-15-13)9(2)14/h4-5,7-9,15H,3,6,14H2,1-2H3/t9-/m0/s1. The van der Waals surface area contributed by atoms with Gasteiger partial charge in [0.05, 0.1) is 6.61 Å². The molecule has 0 fully saturated rings. The molecule has 1 aromatic carbocycles. The number of H-pyrrole nitrogens is 1. The van der Waals surface area contributed by atoms with Gasteiger partial charge in [0, 0.05) is 23.1 Å². The second-order valence-electron chi connectivity index (χ2n) is 4.09. The lowest BCUT2D eigenvalue weighted by atomic mass is 10.1. The number of aromatic nitrogens is 1. The fraction of sp³-hybridized carbons (Fsp3) is 0.385. The van der Waals surface area contributed by atoms with Gasteiger partial charge in [-0.25, -0.2) is 0 Å². The number of nitrogens with one attached hydrogen (secondary N) is 1. The molecule has 3 heteroatoms. The van der Waals surface area contributed by atoms with E-state index in [2.05, 4.69) is 18.0 Å². The SMILES string of the molecule is CCCOc1ccc2[nH]cc([C@H](C)N)c2c1. The summed E-state index contributed by atoms with van der Waals surface area (Å²) in [5.74, 6) is 0.913. The molecule has 0 saturated heterocycles. The molecule has 0 unspecified atom stereocenters. The lowest BCUT2D eigenvalue weighted by Crippen LogP contribution is -2.03. The summed E-state index contributed by atoms with van der Waals surface area (Å²) in [7, 11) is 0. The highest BCUT2D eigenvalue weighted by atomic mass is 16.5. The van der Waals surface area contributed by atoms with Crippen LogP contribution in [0.1, 0.15) is 31.9 Å². The van der Waals surface area contributed by atoms with Crippen LogP contribution in [0.3, 0.4) is 0 Å². The van der Waals surface area contributed by atoms with Crippen LogP contribution >= 0.6 is 0 Å². The van der Waals surface area contributed by atoms with Gasteiger partial charge in [-0.3, -0.25) is 0 Å². The molecule has 2 rings (SSSR count). The Hall–Kier alpha value is -1.48. The van der Waals surface area contributed by atoms with Crippen molar-refractivity contribution in [3.8, 4) is 5.75 Å². The molecule has 0 aliphatic heterocycles. The van der Waals surface area contributed by atoms with Crippen molar-refractivity contribution >= 4 is 10.9 Å². The van der Waals surface area contributed by atoms with E-state index in [4.69, 9.17) is 10.5 Å². The monoisotopic (exact) mass is 218 g/mol. The van der Waals surface area contributed by atoms with Gasteiger partial charge < -0.3 is 15.5 Å². The number of aromatic amines is 1. The molecule has 0 aliphatic rings. The lowest BCUT2D eigenvalue weighted by Gasteiger charge is -2.06. The largest absolute Gasteiger partial charge is 0.494 e. The number of hydrogen-bond donors (Lipinski definition) is 2. The maximum atomic E-state index is 5.91. The maximum absolute atomic E-state index is 5.91. The van der Waals surface area contributed by atoms with Gasteiger partial charge in [-0.05, 0) is 37.1 Å². The van der Waals surface area contributed by atoms with Gasteiger partial charge in [-0.2, -0.15) is 0 Å². The number of benzene rings is 1. The molecule has 0 radical (unpaired) electrons. The molecule has 0 amide bonds. The molecule has 86 valence electrons. The summed E-state index contributed by atoms with van der Waals surface area (Å²) in [5.41, 5.74) is 8.16. The first-order valence-corrected chi connectivity index (χ1v) is 5.71. The van der Waals surface area contributed by atoms with Crippen LogP contribution in [0.5, 0.6) is 5.75 Å². The zero-order chi connectivity index (χ0) is 11.5. The van der Waals surface area contributed by atoms with E-state index in [1.54, 1.807) is 0 Å². The maximum Gasteiger partial charge on any atom is 0.120 e. The molecule has 0 bridgehead atoms. The van der Waals surface area contributed by atoms with Crippen molar-refractivity contribution in [2.24, 2.45) is 5.73 Å². The Morgan fingerprint density at radius 3 is 2.94 bits per heavy atom. The van der Waals surface area contributed by atoms with E-state index >= 15 is 0 Å². The predicted octanol–water partition coefficient (Wildman–Crippen LogP) is 2.98. The average molecular weight is 218 g/mol. The third-order valence-corrected chi connectivity index (χ3v) is 2.65. The molecule has 0 aliphatic carbocycles. The third kappa shape index (κ3) is 2.04. The average Bonchev–Trinajstić information content (AvgIpc) is 2.69. The van der Waals surface area contributed by atoms with Crippen LogP contribution in [-0.2, 0) is 0 Å². The number of hydrogen-bond acceptors (Lipinski definition) is 2. The predicted molar refractivity (Wildman–Crippen MR) is 66.7 cm³/mol. The Morgan fingerprint density at radius 1 is 1.44 bits per heavy atom. The molecule has 1 heterocycles. The highest BCUT2D eigenvalue weighted by molar-refractivity contribution is 5.85. The summed E-state index contributed by atoms with van der Waals surface area (Å²) in [6.45, 7) is 4.84. The van der Waals surface area contributed by atoms with E-state index in [1.807, 2.05) is 25.3 Å². The summed E-state index contributed by atoms with van der Waals surface area (Å²) >= 11 is 0. The molecule has 16 heavy (non-hydrogen) atoms. The molecule has 3 N–H and O–H groups in total. The topological polar surface area (TPSA) is 51.0 Å². The van der Waals surface area contributed by atoms with Crippen molar-refractivity contribution in [1.82, 2.24) is 4.98 Å². The number of nitrogens with two attached hydrogens (primary N) is 1. The van der Waals surface area contributed by atoms with E-state index in [1.165, 1.54) is 0 Å². The fourth-order valence-corrected chi connectivity index (χ4v) is 1.81. The Kier molecular flexibility index (Phi) is 3.15. The van der Waals surface area contributed by atoms with Gasteiger partial charge >= 0.3 is 0 Å². The summed E-state index contributed by atoms with van der Waals surface area (Å²) in [6, 6.07) is 6.11. The first-order chi connectivity index (χ1) is 7.72. The summed E-state index contributed by atoms with van der Waals surface area (Å²) < 4.78 is 5.61. The van der Waals surface area contributed by atoms with Crippen molar-refractivity contribution in [3.63, 3.8) is 0 Å². The van der Waals surface area contributed by atoms with Gasteiger partial charge in [0.25, 0.3) is 0 Å². The van der Waals surface area contributed by atoms with Crippen molar-refractivity contribution in [3.05, 3.63) is 30.0 Å². The van der Waals surface area contributed by atoms with E-state index in [0.717, 1.165) is 35.2 Å². The third-order valence-electron chi connectivity index (χ3n) is 2.65. The quantitative estimate of drug-likeness (QED) is 0.828. The highest BCUT2D eigenvalue weighted by Gasteiger charge is 2.08. The summed E-state index contributed by atoms with van der Waals surface area (Å²) in [6.07, 6.45) is 2.99. The molecule has 2 aromatic rings. The van der Waals surface area contributed by atoms with Crippen LogP contribution in [0.2, 0.25) is 0 Å². The van der Waals surface area contributed by atoms with Crippen molar-refractivity contribution in [1.29, 1.82) is 0 Å². The molecular formula is C13H18N2O. The number of ether oxygens (including phenoxy) is 1. The highest BCUT2D eigenvalue weighted by Crippen LogP contribution is 2.26. The van der Waals surface area contributed by atoms with Gasteiger partial charge in [0.15, 0.2) is 0 Å². The van der Waals surface area contributed by atoms with Gasteiger partial charge in [0.2, 0.25) is 0 Å². The van der Waals surface area contributed by atoms with E-state index < -0.39 is 0 Å². The van der Waals surface area contributed by atoms with Gasteiger partial charge in [-0.15, -0.1) is 0 Å². The molecule has 1 aromatic heterocycles. The zero-order valence-electron chi connectivity index (χ0n) is 9.79. The first kappa shape index (κ1) is 11.0. The minimum atomic E-state index is 0.0372. The van der Waals surface area contributed by atoms with Crippen LogP contribution < -0.4 is 10.5 Å². The molecule has 3 nitrogen and oxygen atoms in total. The molecule has 1 atom stereocenters. The van der Waals surface area contributed by atoms with Crippen LogP contribution in [0.25, 0.3) is 10.9 Å². The first-order valence-electron chi connectivity index (χ1n) is 5.71. The fourth-order valence-electron chi connectivity index (χ4n) is 1.81.